The van der Waals surface area contributed by atoms with E-state index in [1.165, 1.54) is 6.08 Å². The Bertz CT molecular complexity index is 439. The molecule has 1 aromatic carbocycles. The summed E-state index contributed by atoms with van der Waals surface area (Å²) < 4.78 is 10.4. The molecule has 1 rings (SSSR count). The Balaban J connectivity index is 2.91. The summed E-state index contributed by atoms with van der Waals surface area (Å²) in [7, 11) is 0. The molecule has 0 fully saturated rings. The van der Waals surface area contributed by atoms with Gasteiger partial charge in [0.2, 0.25) is 0 Å². The molecule has 0 radical (unpaired) electrons. The number of esters is 1. The maximum atomic E-state index is 11.3. The van der Waals surface area contributed by atoms with Gasteiger partial charge in [-0.1, -0.05) is 11.6 Å². The van der Waals surface area contributed by atoms with Crippen molar-refractivity contribution in [2.45, 2.75) is 26.9 Å². The van der Waals surface area contributed by atoms with Crippen molar-refractivity contribution in [3.63, 3.8) is 0 Å². The minimum atomic E-state index is -0.382. The van der Waals surface area contributed by atoms with Crippen LogP contribution in [0.25, 0.3) is 6.08 Å². The van der Waals surface area contributed by atoms with Gasteiger partial charge in [-0.3, -0.25) is 0 Å². The van der Waals surface area contributed by atoms with Crippen molar-refractivity contribution in [2.75, 3.05) is 6.61 Å². The summed E-state index contributed by atoms with van der Waals surface area (Å²) >= 11 is 5.92. The molecule has 1 aromatic rings. The van der Waals surface area contributed by atoms with E-state index in [4.69, 9.17) is 21.1 Å². The lowest BCUT2D eigenvalue weighted by molar-refractivity contribution is -0.137. The summed E-state index contributed by atoms with van der Waals surface area (Å²) in [4.78, 5) is 11.3. The van der Waals surface area contributed by atoms with Crippen molar-refractivity contribution < 1.29 is 14.3 Å². The highest BCUT2D eigenvalue weighted by Crippen LogP contribution is 2.25. The van der Waals surface area contributed by atoms with E-state index >= 15 is 0 Å². The van der Waals surface area contributed by atoms with Gasteiger partial charge in [-0.15, -0.1) is 0 Å². The molecule has 0 aliphatic heterocycles. The first-order chi connectivity index (χ1) is 8.52. The van der Waals surface area contributed by atoms with Crippen LogP contribution in [0, 0.1) is 0 Å². The molecule has 0 atom stereocenters. The Kier molecular flexibility index (Phi) is 5.72. The van der Waals surface area contributed by atoms with Crippen molar-refractivity contribution in [1.29, 1.82) is 0 Å². The first kappa shape index (κ1) is 14.6. The van der Waals surface area contributed by atoms with E-state index in [2.05, 4.69) is 0 Å². The fraction of sp³-hybridized carbons (Fsp3) is 0.357. The molecule has 0 amide bonds. The third-order valence-corrected chi connectivity index (χ3v) is 2.26. The van der Waals surface area contributed by atoms with E-state index < -0.39 is 0 Å². The highest BCUT2D eigenvalue weighted by atomic mass is 35.5. The quantitative estimate of drug-likeness (QED) is 0.603. The zero-order chi connectivity index (χ0) is 13.5. The Morgan fingerprint density at radius 1 is 1.44 bits per heavy atom. The predicted molar refractivity (Wildman–Crippen MR) is 72.9 cm³/mol. The molecule has 0 bridgehead atoms. The summed E-state index contributed by atoms with van der Waals surface area (Å²) in [6.07, 6.45) is 3.06. The second-order valence-electron chi connectivity index (χ2n) is 3.93. The summed E-state index contributed by atoms with van der Waals surface area (Å²) in [5.41, 5.74) is 0.754. The molecule has 18 heavy (non-hydrogen) atoms. The Hall–Kier alpha value is -1.48. The van der Waals surface area contributed by atoms with Crippen molar-refractivity contribution in [2.24, 2.45) is 0 Å². The second kappa shape index (κ2) is 7.07. The molecule has 3 nitrogen and oxygen atoms in total. The van der Waals surface area contributed by atoms with Gasteiger partial charge in [-0.25, -0.2) is 4.79 Å². The second-order valence-corrected chi connectivity index (χ2v) is 4.37. The van der Waals surface area contributed by atoms with Crippen LogP contribution >= 0.6 is 11.6 Å². The van der Waals surface area contributed by atoms with E-state index in [1.807, 2.05) is 13.8 Å². The smallest absolute Gasteiger partial charge is 0.330 e. The summed E-state index contributed by atoms with van der Waals surface area (Å²) in [5, 5.41) is 0.592. The first-order valence-corrected chi connectivity index (χ1v) is 6.21. The molecule has 0 aliphatic rings. The van der Waals surface area contributed by atoms with Gasteiger partial charge in [-0.2, -0.15) is 0 Å². The number of halogens is 1. The minimum Gasteiger partial charge on any atom is -0.490 e. The van der Waals surface area contributed by atoms with Gasteiger partial charge in [0.25, 0.3) is 0 Å². The van der Waals surface area contributed by atoms with Crippen LogP contribution in [0.3, 0.4) is 0 Å². The number of carbonyl (C=O) groups is 1. The highest BCUT2D eigenvalue weighted by Gasteiger charge is 2.05. The van der Waals surface area contributed by atoms with Crippen molar-refractivity contribution in [3.8, 4) is 5.75 Å². The van der Waals surface area contributed by atoms with Gasteiger partial charge in [0.15, 0.2) is 0 Å². The maximum Gasteiger partial charge on any atom is 0.330 e. The van der Waals surface area contributed by atoms with Gasteiger partial charge >= 0.3 is 5.97 Å². The average molecular weight is 269 g/mol. The lowest BCUT2D eigenvalue weighted by Crippen LogP contribution is -2.06. The molecule has 98 valence electrons. The maximum absolute atomic E-state index is 11.3. The van der Waals surface area contributed by atoms with Crippen LogP contribution < -0.4 is 4.74 Å². The lowest BCUT2D eigenvalue weighted by atomic mass is 10.2. The average Bonchev–Trinajstić information content (AvgIpc) is 2.29. The summed E-state index contributed by atoms with van der Waals surface area (Å²) in [6.45, 7) is 5.99. The van der Waals surface area contributed by atoms with Crippen molar-refractivity contribution >= 4 is 23.6 Å². The van der Waals surface area contributed by atoms with Crippen LogP contribution in [0.4, 0.5) is 0 Å². The van der Waals surface area contributed by atoms with E-state index in [-0.39, 0.29) is 12.1 Å². The van der Waals surface area contributed by atoms with E-state index in [1.54, 1.807) is 31.2 Å². The molecule has 0 aromatic heterocycles. The van der Waals surface area contributed by atoms with Crippen molar-refractivity contribution in [1.82, 2.24) is 0 Å². The number of hydrogen-bond acceptors (Lipinski definition) is 3. The summed E-state index contributed by atoms with van der Waals surface area (Å²) in [5.74, 6) is 0.308. The summed E-state index contributed by atoms with van der Waals surface area (Å²) in [6, 6.07) is 5.28. The molecular weight excluding hydrogens is 252 g/mol. The highest BCUT2D eigenvalue weighted by molar-refractivity contribution is 6.30. The van der Waals surface area contributed by atoms with E-state index in [0.29, 0.717) is 17.4 Å². The molecule has 0 unspecified atom stereocenters. The van der Waals surface area contributed by atoms with Crippen LogP contribution in [0.5, 0.6) is 5.75 Å². The molecular formula is C14H17ClO3. The van der Waals surface area contributed by atoms with Crippen LogP contribution in [-0.2, 0) is 9.53 Å². The minimum absolute atomic E-state index is 0.0564. The van der Waals surface area contributed by atoms with Crippen LogP contribution in [0.15, 0.2) is 24.3 Å². The number of ether oxygens (including phenoxy) is 2. The van der Waals surface area contributed by atoms with Crippen molar-refractivity contribution in [3.05, 3.63) is 34.9 Å². The standard InChI is InChI=1S/C14H17ClO3/c1-4-17-14(16)8-5-11-9-12(15)6-7-13(11)18-10(2)3/h5-10H,4H2,1-3H3/b8-5+. The van der Waals surface area contributed by atoms with E-state index in [0.717, 1.165) is 5.56 Å². The number of benzene rings is 1. The molecule has 4 heteroatoms. The van der Waals surface area contributed by atoms with E-state index in [9.17, 15) is 4.79 Å². The zero-order valence-electron chi connectivity index (χ0n) is 10.8. The van der Waals surface area contributed by atoms with Gasteiger partial charge in [0.05, 0.1) is 12.7 Å². The number of rotatable bonds is 5. The fourth-order valence-corrected chi connectivity index (χ4v) is 1.54. The molecule has 0 spiro atoms. The van der Waals surface area contributed by atoms with Gasteiger partial charge < -0.3 is 9.47 Å². The third kappa shape index (κ3) is 4.80. The number of carbonyl (C=O) groups excluding carboxylic acids is 1. The SMILES string of the molecule is CCOC(=O)/C=C/c1cc(Cl)ccc1OC(C)C. The monoisotopic (exact) mass is 268 g/mol. The predicted octanol–water partition coefficient (Wildman–Crippen LogP) is 3.70. The lowest BCUT2D eigenvalue weighted by Gasteiger charge is -2.12. The topological polar surface area (TPSA) is 35.5 Å². The first-order valence-electron chi connectivity index (χ1n) is 5.84. The Labute approximate surface area is 112 Å². The molecule has 0 saturated heterocycles. The van der Waals surface area contributed by atoms with Gasteiger partial charge in [-0.05, 0) is 45.0 Å². The normalized spacial score (nSPS) is 10.9. The third-order valence-electron chi connectivity index (χ3n) is 2.02. The molecule has 0 aliphatic carbocycles. The van der Waals surface area contributed by atoms with Crippen LogP contribution in [0.1, 0.15) is 26.3 Å². The van der Waals surface area contributed by atoms with Gasteiger partial charge in [0, 0.05) is 16.7 Å². The van der Waals surface area contributed by atoms with Gasteiger partial charge in [0.1, 0.15) is 5.75 Å². The fourth-order valence-electron chi connectivity index (χ4n) is 1.36. The molecule has 0 saturated carbocycles. The zero-order valence-corrected chi connectivity index (χ0v) is 11.5. The van der Waals surface area contributed by atoms with Crippen LogP contribution in [0.2, 0.25) is 5.02 Å². The van der Waals surface area contributed by atoms with Crippen LogP contribution in [-0.4, -0.2) is 18.7 Å². The Morgan fingerprint density at radius 2 is 2.17 bits per heavy atom. The molecule has 0 heterocycles. The largest absolute Gasteiger partial charge is 0.490 e. The number of hydrogen-bond donors (Lipinski definition) is 0. The molecule has 0 N–H and O–H groups in total. The Morgan fingerprint density at radius 3 is 2.78 bits per heavy atom.